The fourth-order valence-corrected chi connectivity index (χ4v) is 2.72. The zero-order chi connectivity index (χ0) is 19.4. The Labute approximate surface area is 155 Å². The molecule has 0 bridgehead atoms. The van der Waals surface area contributed by atoms with Crippen molar-refractivity contribution in [1.29, 1.82) is 0 Å². The molecule has 0 aliphatic heterocycles. The first kappa shape index (κ1) is 19.2. The van der Waals surface area contributed by atoms with Gasteiger partial charge in [0, 0.05) is 25.0 Å². The number of aromatic nitrogens is 2. The van der Waals surface area contributed by atoms with Crippen LogP contribution in [0.4, 0.5) is 13.2 Å². The van der Waals surface area contributed by atoms with Gasteiger partial charge in [0.15, 0.2) is 0 Å². The molecule has 27 heavy (non-hydrogen) atoms. The maximum atomic E-state index is 12.7. The number of ether oxygens (including phenoxy) is 1. The molecule has 0 aliphatic carbocycles. The van der Waals surface area contributed by atoms with Gasteiger partial charge in [-0.25, -0.2) is 0 Å². The molecule has 3 aromatic rings. The van der Waals surface area contributed by atoms with Crippen LogP contribution in [0, 0.1) is 0 Å². The highest BCUT2D eigenvalue weighted by molar-refractivity contribution is 5.82. The second-order valence-electron chi connectivity index (χ2n) is 6.34. The van der Waals surface area contributed by atoms with Crippen molar-refractivity contribution < 1.29 is 17.9 Å². The van der Waals surface area contributed by atoms with Crippen LogP contribution in [0.3, 0.4) is 0 Å². The highest BCUT2D eigenvalue weighted by atomic mass is 19.4. The van der Waals surface area contributed by atoms with Crippen LogP contribution in [0.1, 0.15) is 11.3 Å². The third-order valence-electron chi connectivity index (χ3n) is 4.19. The molecule has 0 atom stereocenters. The number of nitrogens with one attached hydrogen (secondary N) is 2. The van der Waals surface area contributed by atoms with Gasteiger partial charge >= 0.3 is 6.18 Å². The predicted molar refractivity (Wildman–Crippen MR) is 97.9 cm³/mol. The molecule has 5 nitrogen and oxygen atoms in total. The third-order valence-corrected chi connectivity index (χ3v) is 4.19. The number of likely N-dealkylation sites (N-methyl/N-ethyl adjacent to an activating group) is 2. The summed E-state index contributed by atoms with van der Waals surface area (Å²) >= 11 is 0. The SMILES string of the molecule is CNCCN(C)Cc1n[nH]c2ccc(Oc3ccc(C(F)(F)F)cc3)cc12. The van der Waals surface area contributed by atoms with E-state index >= 15 is 0 Å². The van der Waals surface area contributed by atoms with Crippen LogP contribution in [-0.4, -0.2) is 42.3 Å². The lowest BCUT2D eigenvalue weighted by atomic mass is 10.2. The molecule has 1 aromatic heterocycles. The van der Waals surface area contributed by atoms with E-state index in [4.69, 9.17) is 4.74 Å². The molecular formula is C19H21F3N4O. The van der Waals surface area contributed by atoms with E-state index in [9.17, 15) is 13.2 Å². The van der Waals surface area contributed by atoms with Crippen molar-refractivity contribution in [3.8, 4) is 11.5 Å². The van der Waals surface area contributed by atoms with Gasteiger partial charge in [0.1, 0.15) is 11.5 Å². The summed E-state index contributed by atoms with van der Waals surface area (Å²) < 4.78 is 43.7. The van der Waals surface area contributed by atoms with Gasteiger partial charge in [-0.2, -0.15) is 18.3 Å². The van der Waals surface area contributed by atoms with E-state index in [0.29, 0.717) is 18.0 Å². The molecule has 0 saturated carbocycles. The number of alkyl halides is 3. The molecule has 0 amide bonds. The molecule has 1 heterocycles. The topological polar surface area (TPSA) is 53.2 Å². The standard InChI is InChI=1S/C19H21F3N4O/c1-23-9-10-26(2)12-18-16-11-15(7-8-17(16)24-25-18)27-14-5-3-13(4-6-14)19(20,21)22/h3-8,11,23H,9-10,12H2,1-2H3,(H,24,25). The smallest absolute Gasteiger partial charge is 0.416 e. The van der Waals surface area contributed by atoms with Gasteiger partial charge in [-0.05, 0) is 56.6 Å². The van der Waals surface area contributed by atoms with E-state index < -0.39 is 11.7 Å². The van der Waals surface area contributed by atoms with E-state index in [0.717, 1.165) is 41.8 Å². The van der Waals surface area contributed by atoms with Crippen LogP contribution >= 0.6 is 0 Å². The molecule has 0 radical (unpaired) electrons. The number of H-pyrrole nitrogens is 1. The molecule has 0 aliphatic rings. The maximum Gasteiger partial charge on any atom is 0.416 e. The second kappa shape index (κ2) is 7.98. The molecule has 0 spiro atoms. The van der Waals surface area contributed by atoms with E-state index in [-0.39, 0.29) is 0 Å². The van der Waals surface area contributed by atoms with Crippen molar-refractivity contribution in [2.45, 2.75) is 12.7 Å². The molecule has 0 unspecified atom stereocenters. The lowest BCUT2D eigenvalue weighted by molar-refractivity contribution is -0.137. The minimum Gasteiger partial charge on any atom is -0.457 e. The molecule has 0 fully saturated rings. The van der Waals surface area contributed by atoms with Crippen molar-refractivity contribution in [3.63, 3.8) is 0 Å². The van der Waals surface area contributed by atoms with Crippen LogP contribution in [-0.2, 0) is 12.7 Å². The van der Waals surface area contributed by atoms with Gasteiger partial charge < -0.3 is 10.1 Å². The Morgan fingerprint density at radius 3 is 2.48 bits per heavy atom. The number of fused-ring (bicyclic) bond motifs is 1. The fraction of sp³-hybridized carbons (Fsp3) is 0.316. The largest absolute Gasteiger partial charge is 0.457 e. The highest BCUT2D eigenvalue weighted by Crippen LogP contribution is 2.32. The lowest BCUT2D eigenvalue weighted by Crippen LogP contribution is -2.27. The first-order valence-electron chi connectivity index (χ1n) is 8.52. The van der Waals surface area contributed by atoms with Crippen molar-refractivity contribution in [1.82, 2.24) is 20.4 Å². The van der Waals surface area contributed by atoms with E-state index in [1.165, 1.54) is 12.1 Å². The number of nitrogens with zero attached hydrogens (tertiary/aromatic N) is 2. The van der Waals surface area contributed by atoms with Crippen LogP contribution in [0.15, 0.2) is 42.5 Å². The Kier molecular flexibility index (Phi) is 5.67. The van der Waals surface area contributed by atoms with E-state index in [1.807, 2.05) is 26.2 Å². The quantitative estimate of drug-likeness (QED) is 0.652. The summed E-state index contributed by atoms with van der Waals surface area (Å²) in [5.74, 6) is 0.890. The number of halogens is 3. The van der Waals surface area contributed by atoms with Crippen molar-refractivity contribution in [3.05, 3.63) is 53.7 Å². The Balaban J connectivity index is 1.76. The molecular weight excluding hydrogens is 357 g/mol. The number of rotatable bonds is 7. The summed E-state index contributed by atoms with van der Waals surface area (Å²) in [6.45, 7) is 2.43. The first-order valence-corrected chi connectivity index (χ1v) is 8.52. The summed E-state index contributed by atoms with van der Waals surface area (Å²) in [4.78, 5) is 2.15. The fourth-order valence-electron chi connectivity index (χ4n) is 2.72. The Hall–Kier alpha value is -2.58. The monoisotopic (exact) mass is 378 g/mol. The molecule has 2 N–H and O–H groups in total. The summed E-state index contributed by atoms with van der Waals surface area (Å²) in [5.41, 5.74) is 1.07. The summed E-state index contributed by atoms with van der Waals surface area (Å²) in [7, 11) is 3.92. The van der Waals surface area contributed by atoms with Gasteiger partial charge in [-0.1, -0.05) is 0 Å². The zero-order valence-corrected chi connectivity index (χ0v) is 15.1. The van der Waals surface area contributed by atoms with Crippen LogP contribution in [0.2, 0.25) is 0 Å². The normalized spacial score (nSPS) is 12.1. The summed E-state index contributed by atoms with van der Waals surface area (Å²) in [6.07, 6.45) is -4.36. The number of hydrogen-bond donors (Lipinski definition) is 2. The van der Waals surface area contributed by atoms with Crippen molar-refractivity contribution >= 4 is 10.9 Å². The van der Waals surface area contributed by atoms with Gasteiger partial charge in [0.2, 0.25) is 0 Å². The Morgan fingerprint density at radius 1 is 1.11 bits per heavy atom. The minimum atomic E-state index is -4.36. The van der Waals surface area contributed by atoms with Crippen LogP contribution in [0.25, 0.3) is 10.9 Å². The van der Waals surface area contributed by atoms with Crippen LogP contribution in [0.5, 0.6) is 11.5 Å². The minimum absolute atomic E-state index is 0.346. The number of benzene rings is 2. The third kappa shape index (κ3) is 4.78. The lowest BCUT2D eigenvalue weighted by Gasteiger charge is -2.15. The van der Waals surface area contributed by atoms with E-state index in [2.05, 4.69) is 20.4 Å². The molecule has 8 heteroatoms. The van der Waals surface area contributed by atoms with Crippen molar-refractivity contribution in [2.75, 3.05) is 27.2 Å². The molecule has 0 saturated heterocycles. The van der Waals surface area contributed by atoms with Gasteiger partial charge in [-0.3, -0.25) is 10.00 Å². The van der Waals surface area contributed by atoms with Gasteiger partial charge in [0.05, 0.1) is 16.8 Å². The van der Waals surface area contributed by atoms with E-state index in [1.54, 1.807) is 6.07 Å². The summed E-state index contributed by atoms with van der Waals surface area (Å²) in [5, 5.41) is 11.4. The predicted octanol–water partition coefficient (Wildman–Crippen LogP) is 4.03. The average molecular weight is 378 g/mol. The van der Waals surface area contributed by atoms with Crippen LogP contribution < -0.4 is 10.1 Å². The number of aromatic amines is 1. The van der Waals surface area contributed by atoms with Gasteiger partial charge in [-0.15, -0.1) is 0 Å². The molecule has 144 valence electrons. The zero-order valence-electron chi connectivity index (χ0n) is 15.1. The maximum absolute atomic E-state index is 12.7. The molecule has 2 aromatic carbocycles. The van der Waals surface area contributed by atoms with Gasteiger partial charge in [0.25, 0.3) is 0 Å². The Morgan fingerprint density at radius 2 is 1.81 bits per heavy atom. The average Bonchev–Trinajstić information content (AvgIpc) is 3.02. The Bertz CT molecular complexity index is 890. The summed E-state index contributed by atoms with van der Waals surface area (Å²) in [6, 6.07) is 10.1. The molecule has 3 rings (SSSR count). The van der Waals surface area contributed by atoms with Crippen molar-refractivity contribution in [2.24, 2.45) is 0 Å². The first-order chi connectivity index (χ1) is 12.9. The highest BCUT2D eigenvalue weighted by Gasteiger charge is 2.30. The number of hydrogen-bond acceptors (Lipinski definition) is 4. The second-order valence-corrected chi connectivity index (χ2v) is 6.34.